The fourth-order valence-electron chi connectivity index (χ4n) is 2.70. The Morgan fingerprint density at radius 2 is 1.52 bits per heavy atom. The van der Waals surface area contributed by atoms with E-state index < -0.39 is 0 Å². The lowest BCUT2D eigenvalue weighted by molar-refractivity contribution is -0.115. The summed E-state index contributed by atoms with van der Waals surface area (Å²) in [5, 5.41) is 3.38. The first-order valence-electron chi connectivity index (χ1n) is 8.89. The summed E-state index contributed by atoms with van der Waals surface area (Å²) < 4.78 is 0. The lowest BCUT2D eigenvalue weighted by atomic mass is 10.0. The standard InChI is InChI=1S/C22H23N3OS/c1-14-15(2)23-22(24-16(14)3)27-17(4)21(26)25-20-13-9-8-12-19(20)18-10-6-5-7-11-18/h5-13,17H,1-4H3,(H,25,26)/t17-/m1/s1. The second-order valence-corrected chi connectivity index (χ2v) is 7.77. The molecule has 0 aliphatic carbocycles. The average Bonchev–Trinajstić information content (AvgIpc) is 2.67. The third kappa shape index (κ3) is 4.55. The topological polar surface area (TPSA) is 54.9 Å². The number of amides is 1. The molecule has 1 aromatic heterocycles. The number of carbonyl (C=O) groups is 1. The number of para-hydroxylation sites is 1. The predicted octanol–water partition coefficient (Wildman–Crippen LogP) is 5.19. The maximum Gasteiger partial charge on any atom is 0.237 e. The number of nitrogens with one attached hydrogen (secondary N) is 1. The molecule has 0 aliphatic rings. The highest BCUT2D eigenvalue weighted by Gasteiger charge is 2.18. The quantitative estimate of drug-likeness (QED) is 0.491. The van der Waals surface area contributed by atoms with Gasteiger partial charge in [-0.15, -0.1) is 0 Å². The van der Waals surface area contributed by atoms with Crippen LogP contribution in [0.3, 0.4) is 0 Å². The second kappa shape index (κ2) is 8.35. The summed E-state index contributed by atoms with van der Waals surface area (Å²) in [5.74, 6) is -0.0668. The van der Waals surface area contributed by atoms with Gasteiger partial charge in [0, 0.05) is 22.6 Å². The number of hydrogen-bond donors (Lipinski definition) is 1. The Morgan fingerprint density at radius 1 is 0.926 bits per heavy atom. The van der Waals surface area contributed by atoms with Crippen LogP contribution in [0.1, 0.15) is 23.9 Å². The first kappa shape index (κ1) is 19.1. The van der Waals surface area contributed by atoms with Gasteiger partial charge in [0.15, 0.2) is 5.16 Å². The summed E-state index contributed by atoms with van der Waals surface area (Å²) in [4.78, 5) is 21.7. The summed E-state index contributed by atoms with van der Waals surface area (Å²) in [6, 6.07) is 17.9. The van der Waals surface area contributed by atoms with Gasteiger partial charge in [-0.1, -0.05) is 60.3 Å². The zero-order chi connectivity index (χ0) is 19.4. The van der Waals surface area contributed by atoms with Gasteiger partial charge in [0.05, 0.1) is 5.25 Å². The van der Waals surface area contributed by atoms with Crippen molar-refractivity contribution in [2.45, 2.75) is 38.1 Å². The van der Waals surface area contributed by atoms with Gasteiger partial charge < -0.3 is 5.32 Å². The van der Waals surface area contributed by atoms with Crippen LogP contribution in [0.2, 0.25) is 0 Å². The Balaban J connectivity index is 1.76. The molecular weight excluding hydrogens is 354 g/mol. The number of rotatable bonds is 5. The second-order valence-electron chi connectivity index (χ2n) is 6.46. The summed E-state index contributed by atoms with van der Waals surface area (Å²) in [5.41, 5.74) is 5.87. The van der Waals surface area contributed by atoms with E-state index in [0.29, 0.717) is 5.16 Å². The highest BCUT2D eigenvalue weighted by Crippen LogP contribution is 2.29. The van der Waals surface area contributed by atoms with Gasteiger partial charge in [-0.3, -0.25) is 4.79 Å². The van der Waals surface area contributed by atoms with Crippen LogP contribution in [-0.2, 0) is 4.79 Å². The van der Waals surface area contributed by atoms with E-state index in [1.165, 1.54) is 11.8 Å². The van der Waals surface area contributed by atoms with Gasteiger partial charge in [-0.25, -0.2) is 9.97 Å². The zero-order valence-corrected chi connectivity index (χ0v) is 16.8. The van der Waals surface area contributed by atoms with E-state index in [4.69, 9.17) is 0 Å². The van der Waals surface area contributed by atoms with Gasteiger partial charge in [-0.05, 0) is 44.9 Å². The Bertz CT molecular complexity index is 934. The van der Waals surface area contributed by atoms with Crippen LogP contribution in [0.15, 0.2) is 59.8 Å². The van der Waals surface area contributed by atoms with Crippen molar-refractivity contribution in [1.82, 2.24) is 9.97 Å². The molecule has 2 aromatic carbocycles. The van der Waals surface area contributed by atoms with E-state index in [1.807, 2.05) is 82.3 Å². The number of thioether (sulfide) groups is 1. The summed E-state index contributed by atoms with van der Waals surface area (Å²) in [6.45, 7) is 7.82. The number of hydrogen-bond acceptors (Lipinski definition) is 4. The van der Waals surface area contributed by atoms with Crippen LogP contribution in [-0.4, -0.2) is 21.1 Å². The van der Waals surface area contributed by atoms with E-state index in [9.17, 15) is 4.79 Å². The molecule has 0 unspecified atom stereocenters. The van der Waals surface area contributed by atoms with Gasteiger partial charge >= 0.3 is 0 Å². The highest BCUT2D eigenvalue weighted by atomic mass is 32.2. The number of anilines is 1. The highest BCUT2D eigenvalue weighted by molar-refractivity contribution is 8.00. The summed E-state index contributed by atoms with van der Waals surface area (Å²) in [6.07, 6.45) is 0. The molecule has 138 valence electrons. The maximum atomic E-state index is 12.7. The van der Waals surface area contributed by atoms with Gasteiger partial charge in [-0.2, -0.15) is 0 Å². The normalized spacial score (nSPS) is 11.9. The van der Waals surface area contributed by atoms with Crippen LogP contribution in [0.4, 0.5) is 5.69 Å². The zero-order valence-electron chi connectivity index (χ0n) is 16.0. The lowest BCUT2D eigenvalue weighted by Crippen LogP contribution is -2.23. The Morgan fingerprint density at radius 3 is 2.19 bits per heavy atom. The molecule has 1 atom stereocenters. The van der Waals surface area contributed by atoms with Crippen LogP contribution >= 0.6 is 11.8 Å². The molecule has 0 saturated carbocycles. The van der Waals surface area contributed by atoms with E-state index in [1.54, 1.807) is 0 Å². The minimum absolute atomic E-state index is 0.0668. The number of benzene rings is 2. The minimum Gasteiger partial charge on any atom is -0.325 e. The molecule has 1 N–H and O–H groups in total. The summed E-state index contributed by atoms with van der Waals surface area (Å²) in [7, 11) is 0. The van der Waals surface area contributed by atoms with Crippen LogP contribution in [0.5, 0.6) is 0 Å². The maximum absolute atomic E-state index is 12.7. The van der Waals surface area contributed by atoms with Crippen molar-refractivity contribution in [1.29, 1.82) is 0 Å². The van der Waals surface area contributed by atoms with Crippen molar-refractivity contribution in [3.05, 3.63) is 71.5 Å². The van der Waals surface area contributed by atoms with Crippen LogP contribution in [0.25, 0.3) is 11.1 Å². The molecule has 0 aliphatic heterocycles. The number of carbonyl (C=O) groups excluding carboxylic acids is 1. The third-order valence-electron chi connectivity index (χ3n) is 4.53. The van der Waals surface area contributed by atoms with Crippen molar-refractivity contribution >= 4 is 23.4 Å². The molecule has 1 heterocycles. The molecule has 4 nitrogen and oxygen atoms in total. The smallest absolute Gasteiger partial charge is 0.237 e. The molecule has 0 spiro atoms. The fraction of sp³-hybridized carbons (Fsp3) is 0.227. The Labute approximate surface area is 164 Å². The van der Waals surface area contributed by atoms with Gasteiger partial charge in [0.25, 0.3) is 0 Å². The molecule has 0 bridgehead atoms. The molecule has 0 saturated heterocycles. The number of aryl methyl sites for hydroxylation is 2. The van der Waals surface area contributed by atoms with Crippen molar-refractivity contribution in [3.8, 4) is 11.1 Å². The molecule has 0 radical (unpaired) electrons. The molecule has 1 amide bonds. The van der Waals surface area contributed by atoms with Crippen molar-refractivity contribution < 1.29 is 4.79 Å². The Kier molecular flexibility index (Phi) is 5.91. The minimum atomic E-state index is -0.310. The number of aromatic nitrogens is 2. The van der Waals surface area contributed by atoms with E-state index in [2.05, 4.69) is 15.3 Å². The molecule has 5 heteroatoms. The first-order chi connectivity index (χ1) is 13.0. The average molecular weight is 378 g/mol. The van der Waals surface area contributed by atoms with Gasteiger partial charge in [0.1, 0.15) is 0 Å². The van der Waals surface area contributed by atoms with E-state index in [0.717, 1.165) is 33.8 Å². The predicted molar refractivity (Wildman–Crippen MR) is 112 cm³/mol. The van der Waals surface area contributed by atoms with E-state index >= 15 is 0 Å². The van der Waals surface area contributed by atoms with Crippen molar-refractivity contribution in [2.75, 3.05) is 5.32 Å². The molecule has 3 rings (SSSR count). The van der Waals surface area contributed by atoms with Crippen molar-refractivity contribution in [3.63, 3.8) is 0 Å². The summed E-state index contributed by atoms with van der Waals surface area (Å²) >= 11 is 1.38. The SMILES string of the molecule is Cc1nc(S[C@H](C)C(=O)Nc2ccccc2-c2ccccc2)nc(C)c1C. The first-order valence-corrected chi connectivity index (χ1v) is 9.77. The Hall–Kier alpha value is -2.66. The molecule has 27 heavy (non-hydrogen) atoms. The molecule has 3 aromatic rings. The van der Waals surface area contributed by atoms with Crippen LogP contribution < -0.4 is 5.32 Å². The third-order valence-corrected chi connectivity index (χ3v) is 5.49. The molecular formula is C22H23N3OS. The largest absolute Gasteiger partial charge is 0.325 e. The van der Waals surface area contributed by atoms with E-state index in [-0.39, 0.29) is 11.2 Å². The lowest BCUT2D eigenvalue weighted by Gasteiger charge is -2.15. The fourth-order valence-corrected chi connectivity index (χ4v) is 3.56. The number of nitrogens with zero attached hydrogens (tertiary/aromatic N) is 2. The monoisotopic (exact) mass is 377 g/mol. The van der Waals surface area contributed by atoms with Gasteiger partial charge in [0.2, 0.25) is 5.91 Å². The van der Waals surface area contributed by atoms with Crippen molar-refractivity contribution in [2.24, 2.45) is 0 Å². The molecule has 0 fully saturated rings. The van der Waals surface area contributed by atoms with Crippen LogP contribution in [0, 0.1) is 20.8 Å².